The summed E-state index contributed by atoms with van der Waals surface area (Å²) in [5.41, 5.74) is 5.47. The average molecular weight is 361 g/mol. The van der Waals surface area contributed by atoms with Crippen molar-refractivity contribution in [3.8, 4) is 5.75 Å². The molecule has 0 radical (unpaired) electrons. The topological polar surface area (TPSA) is 48.1 Å². The Morgan fingerprint density at radius 2 is 1.95 bits per heavy atom. The molecule has 0 spiro atoms. The molecule has 0 fully saturated rings. The van der Waals surface area contributed by atoms with E-state index >= 15 is 0 Å². The summed E-state index contributed by atoms with van der Waals surface area (Å²) in [4.78, 5) is 3.88. The largest absolute Gasteiger partial charge is 0.482 e. The van der Waals surface area contributed by atoms with E-state index in [1.54, 1.807) is 13.0 Å². The number of ether oxygens (including phenoxy) is 1. The molecule has 1 aromatic heterocycles. The zero-order valence-corrected chi connectivity index (χ0v) is 12.6. The molecule has 7 heteroatoms. The first-order valence-corrected chi connectivity index (χ1v) is 6.83. The van der Waals surface area contributed by atoms with Crippen LogP contribution in [0.4, 0.5) is 19.0 Å². The molecule has 1 heterocycles. The third-order valence-electron chi connectivity index (χ3n) is 2.87. The standard InChI is InChI=1S/C14H12BrF3N2O/c1-7(21-12-4-8(15)6-20-14(12)19)11-5-9(16)2-3-10(11)13(17)18/h2-7,13H,1H3,(H2,19,20). The van der Waals surface area contributed by atoms with Crippen molar-refractivity contribution < 1.29 is 17.9 Å². The Hall–Kier alpha value is -1.76. The van der Waals surface area contributed by atoms with Gasteiger partial charge < -0.3 is 10.5 Å². The van der Waals surface area contributed by atoms with Crippen LogP contribution in [0.3, 0.4) is 0 Å². The van der Waals surface area contributed by atoms with E-state index in [4.69, 9.17) is 10.5 Å². The van der Waals surface area contributed by atoms with Gasteiger partial charge in [-0.3, -0.25) is 0 Å². The molecule has 0 aliphatic carbocycles. The average Bonchev–Trinajstić information content (AvgIpc) is 2.42. The van der Waals surface area contributed by atoms with Crippen molar-refractivity contribution in [2.75, 3.05) is 5.73 Å². The summed E-state index contributed by atoms with van der Waals surface area (Å²) in [6.45, 7) is 1.54. The van der Waals surface area contributed by atoms with Gasteiger partial charge in [-0.2, -0.15) is 0 Å². The number of hydrogen-bond donors (Lipinski definition) is 1. The van der Waals surface area contributed by atoms with Gasteiger partial charge in [0.2, 0.25) is 0 Å². The van der Waals surface area contributed by atoms with E-state index in [0.29, 0.717) is 4.47 Å². The van der Waals surface area contributed by atoms with Crippen LogP contribution in [0, 0.1) is 5.82 Å². The number of rotatable bonds is 4. The van der Waals surface area contributed by atoms with Crippen LogP contribution in [0.5, 0.6) is 5.75 Å². The molecule has 0 aliphatic heterocycles. The summed E-state index contributed by atoms with van der Waals surface area (Å²) in [7, 11) is 0. The van der Waals surface area contributed by atoms with Crippen LogP contribution >= 0.6 is 15.9 Å². The lowest BCUT2D eigenvalue weighted by molar-refractivity contribution is 0.143. The van der Waals surface area contributed by atoms with Crippen LogP contribution in [0.1, 0.15) is 30.6 Å². The Morgan fingerprint density at radius 3 is 2.62 bits per heavy atom. The van der Waals surface area contributed by atoms with Gasteiger partial charge in [0.05, 0.1) is 0 Å². The quantitative estimate of drug-likeness (QED) is 0.863. The summed E-state index contributed by atoms with van der Waals surface area (Å²) in [6, 6.07) is 4.65. The smallest absolute Gasteiger partial charge is 0.264 e. The number of benzene rings is 1. The highest BCUT2D eigenvalue weighted by molar-refractivity contribution is 9.10. The van der Waals surface area contributed by atoms with Crippen molar-refractivity contribution in [3.63, 3.8) is 0 Å². The predicted molar refractivity (Wildman–Crippen MR) is 76.7 cm³/mol. The van der Waals surface area contributed by atoms with Gasteiger partial charge in [-0.25, -0.2) is 18.2 Å². The molecule has 1 unspecified atom stereocenters. The fourth-order valence-corrected chi connectivity index (χ4v) is 2.19. The number of hydrogen-bond acceptors (Lipinski definition) is 3. The normalized spacial score (nSPS) is 12.5. The molecule has 3 nitrogen and oxygen atoms in total. The maximum Gasteiger partial charge on any atom is 0.264 e. The summed E-state index contributed by atoms with van der Waals surface area (Å²) in [5, 5.41) is 0. The van der Waals surface area contributed by atoms with Gasteiger partial charge in [0, 0.05) is 21.8 Å². The van der Waals surface area contributed by atoms with Crippen molar-refractivity contribution in [1.29, 1.82) is 0 Å². The Balaban J connectivity index is 2.34. The predicted octanol–water partition coefficient (Wildman–Crippen LogP) is 4.64. The van der Waals surface area contributed by atoms with Crippen molar-refractivity contribution in [2.45, 2.75) is 19.5 Å². The second-order valence-corrected chi connectivity index (χ2v) is 5.29. The maximum absolute atomic E-state index is 13.3. The molecule has 1 atom stereocenters. The number of halogens is 4. The number of pyridine rings is 1. The molecular weight excluding hydrogens is 349 g/mol. The Labute approximate surface area is 128 Å². The maximum atomic E-state index is 13.3. The van der Waals surface area contributed by atoms with Crippen LogP contribution in [-0.2, 0) is 0 Å². The van der Waals surface area contributed by atoms with E-state index in [9.17, 15) is 13.2 Å². The van der Waals surface area contributed by atoms with Gasteiger partial charge in [-0.1, -0.05) is 6.07 Å². The van der Waals surface area contributed by atoms with E-state index in [-0.39, 0.29) is 22.7 Å². The van der Waals surface area contributed by atoms with E-state index in [0.717, 1.165) is 18.2 Å². The number of alkyl halides is 2. The summed E-state index contributed by atoms with van der Waals surface area (Å²) >= 11 is 3.21. The lowest BCUT2D eigenvalue weighted by atomic mass is 10.0. The Morgan fingerprint density at radius 1 is 1.24 bits per heavy atom. The monoisotopic (exact) mass is 360 g/mol. The Kier molecular flexibility index (Phi) is 4.72. The van der Waals surface area contributed by atoms with Crippen LogP contribution < -0.4 is 10.5 Å². The van der Waals surface area contributed by atoms with Gasteiger partial charge in [-0.05, 0) is 41.1 Å². The number of anilines is 1. The summed E-state index contributed by atoms with van der Waals surface area (Å²) < 4.78 is 45.4. The van der Waals surface area contributed by atoms with Crippen LogP contribution in [0.2, 0.25) is 0 Å². The fourth-order valence-electron chi connectivity index (χ4n) is 1.88. The molecule has 2 N–H and O–H groups in total. The van der Waals surface area contributed by atoms with Gasteiger partial charge in [-0.15, -0.1) is 0 Å². The Bertz CT molecular complexity index is 652. The number of nitrogen functional groups attached to an aromatic ring is 1. The fraction of sp³-hybridized carbons (Fsp3) is 0.214. The molecule has 0 saturated carbocycles. The molecule has 0 bridgehead atoms. The highest BCUT2D eigenvalue weighted by atomic mass is 79.9. The lowest BCUT2D eigenvalue weighted by Crippen LogP contribution is -2.09. The van der Waals surface area contributed by atoms with E-state index in [2.05, 4.69) is 20.9 Å². The molecule has 112 valence electrons. The van der Waals surface area contributed by atoms with Crippen molar-refractivity contribution in [1.82, 2.24) is 4.98 Å². The molecule has 1 aromatic carbocycles. The first-order chi connectivity index (χ1) is 9.88. The van der Waals surface area contributed by atoms with Gasteiger partial charge in [0.15, 0.2) is 11.6 Å². The molecule has 0 saturated heterocycles. The number of nitrogens with zero attached hydrogens (tertiary/aromatic N) is 1. The molecule has 2 rings (SSSR count). The van der Waals surface area contributed by atoms with Crippen molar-refractivity contribution >= 4 is 21.7 Å². The zero-order chi connectivity index (χ0) is 15.6. The second kappa shape index (κ2) is 6.34. The highest BCUT2D eigenvalue weighted by Gasteiger charge is 2.20. The molecule has 0 aliphatic rings. The zero-order valence-electron chi connectivity index (χ0n) is 11.0. The van der Waals surface area contributed by atoms with Crippen LogP contribution in [-0.4, -0.2) is 4.98 Å². The number of nitrogens with two attached hydrogens (primary N) is 1. The highest BCUT2D eigenvalue weighted by Crippen LogP contribution is 2.33. The minimum Gasteiger partial charge on any atom is -0.482 e. The van der Waals surface area contributed by atoms with Crippen LogP contribution in [0.25, 0.3) is 0 Å². The molecule has 21 heavy (non-hydrogen) atoms. The number of aromatic nitrogens is 1. The summed E-state index contributed by atoms with van der Waals surface area (Å²) in [5.74, 6) is -0.244. The lowest BCUT2D eigenvalue weighted by Gasteiger charge is -2.19. The van der Waals surface area contributed by atoms with Gasteiger partial charge in [0.25, 0.3) is 6.43 Å². The minimum atomic E-state index is -2.72. The molecule has 0 amide bonds. The van der Waals surface area contributed by atoms with Gasteiger partial charge in [0.1, 0.15) is 11.9 Å². The first-order valence-electron chi connectivity index (χ1n) is 6.03. The summed E-state index contributed by atoms with van der Waals surface area (Å²) in [6.07, 6.45) is -2.03. The molecular formula is C14H12BrF3N2O. The SMILES string of the molecule is CC(Oc1cc(Br)cnc1N)c1cc(F)ccc1C(F)F. The van der Waals surface area contributed by atoms with Crippen LogP contribution in [0.15, 0.2) is 34.9 Å². The second-order valence-electron chi connectivity index (χ2n) is 4.37. The van der Waals surface area contributed by atoms with Crippen molar-refractivity contribution in [2.24, 2.45) is 0 Å². The van der Waals surface area contributed by atoms with E-state index < -0.39 is 18.3 Å². The molecule has 2 aromatic rings. The minimum absolute atomic E-state index is 0.0735. The van der Waals surface area contributed by atoms with E-state index in [1.807, 2.05) is 0 Å². The van der Waals surface area contributed by atoms with Crippen molar-refractivity contribution in [3.05, 3.63) is 51.9 Å². The third kappa shape index (κ3) is 3.66. The third-order valence-corrected chi connectivity index (χ3v) is 3.31. The van der Waals surface area contributed by atoms with E-state index in [1.165, 1.54) is 6.20 Å². The van der Waals surface area contributed by atoms with Gasteiger partial charge >= 0.3 is 0 Å². The first kappa shape index (κ1) is 15.6.